The zero-order valence-electron chi connectivity index (χ0n) is 13.7. The van der Waals surface area contributed by atoms with Crippen molar-refractivity contribution >= 4 is 36.5 Å². The number of anilines is 1. The fourth-order valence-corrected chi connectivity index (χ4v) is 1.84. The number of rotatable bonds is 7. The zero-order chi connectivity index (χ0) is 15.1. The Morgan fingerprint density at radius 2 is 1.86 bits per heavy atom. The first-order valence-corrected chi connectivity index (χ1v) is 7.22. The highest BCUT2D eigenvalue weighted by molar-refractivity contribution is 5.85. The lowest BCUT2D eigenvalue weighted by Gasteiger charge is -2.20. The van der Waals surface area contributed by atoms with Gasteiger partial charge in [0.2, 0.25) is 5.91 Å². The van der Waals surface area contributed by atoms with Crippen LogP contribution in [0.3, 0.4) is 0 Å². The lowest BCUT2D eigenvalue weighted by molar-refractivity contribution is -0.125. The predicted molar refractivity (Wildman–Crippen MR) is 97.0 cm³/mol. The monoisotopic (exact) mass is 350 g/mol. The van der Waals surface area contributed by atoms with Gasteiger partial charge in [-0.1, -0.05) is 13.0 Å². The summed E-state index contributed by atoms with van der Waals surface area (Å²) in [5.41, 5.74) is 6.70. The molecule has 1 aromatic rings. The van der Waals surface area contributed by atoms with Gasteiger partial charge in [0, 0.05) is 37.8 Å². The van der Waals surface area contributed by atoms with Gasteiger partial charge in [-0.3, -0.25) is 4.79 Å². The Hall–Kier alpha value is -1.04. The molecule has 0 fully saturated rings. The molecule has 0 saturated carbocycles. The Kier molecular flexibility index (Phi) is 12.2. The SMILES string of the molecule is CCN(CC)c1ccc(CNC(=O)C(C)C(C)N)cn1.Cl.Cl. The summed E-state index contributed by atoms with van der Waals surface area (Å²) in [4.78, 5) is 18.4. The van der Waals surface area contributed by atoms with E-state index in [0.29, 0.717) is 6.54 Å². The number of carbonyl (C=O) groups is 1. The van der Waals surface area contributed by atoms with E-state index in [1.807, 2.05) is 32.2 Å². The number of nitrogens with zero attached hydrogens (tertiary/aromatic N) is 2. The lowest BCUT2D eigenvalue weighted by atomic mass is 10.0. The van der Waals surface area contributed by atoms with Crippen molar-refractivity contribution in [2.24, 2.45) is 11.7 Å². The van der Waals surface area contributed by atoms with Crippen molar-refractivity contribution in [2.75, 3.05) is 18.0 Å². The van der Waals surface area contributed by atoms with E-state index in [9.17, 15) is 4.79 Å². The maximum absolute atomic E-state index is 11.8. The van der Waals surface area contributed by atoms with Crippen LogP contribution in [0.25, 0.3) is 0 Å². The largest absolute Gasteiger partial charge is 0.357 e. The fraction of sp³-hybridized carbons (Fsp3) is 0.600. The second kappa shape index (κ2) is 11.5. The second-order valence-corrected chi connectivity index (χ2v) is 5.06. The summed E-state index contributed by atoms with van der Waals surface area (Å²) in [6, 6.07) is 3.85. The summed E-state index contributed by atoms with van der Waals surface area (Å²) in [5, 5.41) is 2.88. The van der Waals surface area contributed by atoms with Crippen LogP contribution in [0.4, 0.5) is 5.82 Å². The Morgan fingerprint density at radius 3 is 2.27 bits per heavy atom. The van der Waals surface area contributed by atoms with Crippen molar-refractivity contribution < 1.29 is 4.79 Å². The van der Waals surface area contributed by atoms with Crippen LogP contribution in [0.15, 0.2) is 18.3 Å². The molecule has 22 heavy (non-hydrogen) atoms. The molecule has 3 N–H and O–H groups in total. The van der Waals surface area contributed by atoms with E-state index in [2.05, 4.69) is 29.0 Å². The quantitative estimate of drug-likeness (QED) is 0.791. The molecular formula is C15H28Cl2N4O. The number of aromatic nitrogens is 1. The molecule has 0 radical (unpaired) electrons. The third-order valence-electron chi connectivity index (χ3n) is 3.57. The van der Waals surface area contributed by atoms with Crippen molar-refractivity contribution in [1.82, 2.24) is 10.3 Å². The third-order valence-corrected chi connectivity index (χ3v) is 3.57. The Balaban J connectivity index is 0. The summed E-state index contributed by atoms with van der Waals surface area (Å²) in [5.74, 6) is 0.764. The van der Waals surface area contributed by atoms with E-state index >= 15 is 0 Å². The summed E-state index contributed by atoms with van der Waals surface area (Å²) >= 11 is 0. The van der Waals surface area contributed by atoms with E-state index in [0.717, 1.165) is 24.5 Å². The fourth-order valence-electron chi connectivity index (χ4n) is 1.84. The third kappa shape index (κ3) is 6.81. The van der Waals surface area contributed by atoms with Gasteiger partial charge in [0.1, 0.15) is 5.82 Å². The molecule has 1 amide bonds. The first-order valence-electron chi connectivity index (χ1n) is 7.22. The van der Waals surface area contributed by atoms with Gasteiger partial charge in [-0.25, -0.2) is 4.98 Å². The maximum atomic E-state index is 11.8. The Labute approximate surface area is 145 Å². The molecule has 128 valence electrons. The van der Waals surface area contributed by atoms with E-state index in [-0.39, 0.29) is 42.7 Å². The first-order chi connectivity index (χ1) is 9.49. The number of hydrogen-bond donors (Lipinski definition) is 2. The van der Waals surface area contributed by atoms with Gasteiger partial charge in [0.25, 0.3) is 0 Å². The number of carbonyl (C=O) groups excluding carboxylic acids is 1. The number of hydrogen-bond acceptors (Lipinski definition) is 4. The van der Waals surface area contributed by atoms with E-state index in [1.165, 1.54) is 0 Å². The lowest BCUT2D eigenvalue weighted by Crippen LogP contribution is -2.38. The van der Waals surface area contributed by atoms with Crippen LogP contribution in [0.2, 0.25) is 0 Å². The highest BCUT2D eigenvalue weighted by Gasteiger charge is 2.16. The maximum Gasteiger partial charge on any atom is 0.224 e. The number of nitrogens with one attached hydrogen (secondary N) is 1. The highest BCUT2D eigenvalue weighted by atomic mass is 35.5. The van der Waals surface area contributed by atoms with Crippen molar-refractivity contribution in [3.8, 4) is 0 Å². The van der Waals surface area contributed by atoms with E-state index < -0.39 is 0 Å². The minimum Gasteiger partial charge on any atom is -0.357 e. The van der Waals surface area contributed by atoms with Gasteiger partial charge in [0.15, 0.2) is 0 Å². The zero-order valence-corrected chi connectivity index (χ0v) is 15.3. The average Bonchev–Trinajstić information content (AvgIpc) is 2.46. The molecule has 0 aliphatic rings. The second-order valence-electron chi connectivity index (χ2n) is 5.06. The number of amides is 1. The van der Waals surface area contributed by atoms with Crippen LogP contribution in [0.5, 0.6) is 0 Å². The summed E-state index contributed by atoms with van der Waals surface area (Å²) < 4.78 is 0. The molecule has 1 aromatic heterocycles. The molecule has 1 rings (SSSR count). The van der Waals surface area contributed by atoms with Crippen LogP contribution in [0, 0.1) is 5.92 Å². The van der Waals surface area contributed by atoms with Crippen molar-refractivity contribution in [3.63, 3.8) is 0 Å². The molecule has 0 aromatic carbocycles. The van der Waals surface area contributed by atoms with E-state index in [4.69, 9.17) is 5.73 Å². The smallest absolute Gasteiger partial charge is 0.224 e. The molecule has 5 nitrogen and oxygen atoms in total. The summed E-state index contributed by atoms with van der Waals surface area (Å²) in [7, 11) is 0. The van der Waals surface area contributed by atoms with Crippen LogP contribution < -0.4 is 16.0 Å². The van der Waals surface area contributed by atoms with E-state index in [1.54, 1.807) is 0 Å². The molecule has 2 unspecified atom stereocenters. The molecule has 0 aliphatic heterocycles. The van der Waals surface area contributed by atoms with Gasteiger partial charge in [-0.05, 0) is 32.4 Å². The molecule has 2 atom stereocenters. The van der Waals surface area contributed by atoms with Crippen LogP contribution in [-0.4, -0.2) is 30.0 Å². The molecular weight excluding hydrogens is 323 g/mol. The molecule has 0 spiro atoms. The number of halogens is 2. The van der Waals surface area contributed by atoms with Gasteiger partial charge < -0.3 is 16.0 Å². The van der Waals surface area contributed by atoms with Crippen LogP contribution >= 0.6 is 24.8 Å². The van der Waals surface area contributed by atoms with Gasteiger partial charge >= 0.3 is 0 Å². The minimum atomic E-state index is -0.182. The molecule has 1 heterocycles. The highest BCUT2D eigenvalue weighted by Crippen LogP contribution is 2.11. The summed E-state index contributed by atoms with van der Waals surface area (Å²) in [6.07, 6.45) is 1.81. The number of nitrogens with two attached hydrogens (primary N) is 1. The van der Waals surface area contributed by atoms with Gasteiger partial charge in [-0.2, -0.15) is 0 Å². The van der Waals surface area contributed by atoms with Crippen molar-refractivity contribution in [1.29, 1.82) is 0 Å². The van der Waals surface area contributed by atoms with Crippen LogP contribution in [0.1, 0.15) is 33.3 Å². The molecule has 0 aliphatic carbocycles. The van der Waals surface area contributed by atoms with Crippen LogP contribution in [-0.2, 0) is 11.3 Å². The molecule has 0 bridgehead atoms. The Bertz CT molecular complexity index is 422. The van der Waals surface area contributed by atoms with Gasteiger partial charge in [-0.15, -0.1) is 24.8 Å². The molecule has 7 heteroatoms. The normalized spacial score (nSPS) is 12.4. The topological polar surface area (TPSA) is 71.2 Å². The summed E-state index contributed by atoms with van der Waals surface area (Å²) in [6.45, 7) is 10.2. The van der Waals surface area contributed by atoms with Gasteiger partial charge in [0.05, 0.1) is 0 Å². The predicted octanol–water partition coefficient (Wildman–Crippen LogP) is 2.37. The minimum absolute atomic E-state index is 0. The molecule has 0 saturated heterocycles. The Morgan fingerprint density at radius 1 is 1.27 bits per heavy atom. The van der Waals surface area contributed by atoms with Crippen molar-refractivity contribution in [3.05, 3.63) is 23.9 Å². The number of pyridine rings is 1. The average molecular weight is 351 g/mol. The van der Waals surface area contributed by atoms with Crippen molar-refractivity contribution in [2.45, 2.75) is 40.3 Å². The standard InChI is InChI=1S/C15H26N4O.2ClH/c1-5-19(6-2)14-8-7-13(9-17-14)10-18-15(20)11(3)12(4)16;;/h7-9,11-12H,5-6,10,16H2,1-4H3,(H,18,20);2*1H. The first kappa shape index (κ1) is 23.2.